The first-order valence-electron chi connectivity index (χ1n) is 6.75. The number of aromatic hydroxyl groups is 1. The maximum atomic E-state index is 9.90. The van der Waals surface area contributed by atoms with E-state index in [9.17, 15) is 5.11 Å². The number of phenolic OH excluding ortho intramolecular Hbond substituents is 1. The monoisotopic (exact) mass is 263 g/mol. The van der Waals surface area contributed by atoms with E-state index in [1.165, 1.54) is 11.1 Å². The summed E-state index contributed by atoms with van der Waals surface area (Å²) in [7, 11) is 0. The molecule has 20 heavy (non-hydrogen) atoms. The average Bonchev–Trinajstić information content (AvgIpc) is 2.47. The Morgan fingerprint density at radius 3 is 2.45 bits per heavy atom. The number of phenols is 1. The van der Waals surface area contributed by atoms with Gasteiger partial charge in [0.1, 0.15) is 5.75 Å². The lowest BCUT2D eigenvalue weighted by atomic mass is 10.1. The number of hydrogen-bond acceptors (Lipinski definition) is 2. The van der Waals surface area contributed by atoms with Gasteiger partial charge in [0.15, 0.2) is 0 Å². The summed E-state index contributed by atoms with van der Waals surface area (Å²) in [4.78, 5) is 0. The van der Waals surface area contributed by atoms with Gasteiger partial charge in [0, 0.05) is 23.0 Å². The Morgan fingerprint density at radius 1 is 0.850 bits per heavy atom. The summed E-state index contributed by atoms with van der Waals surface area (Å²) in [6, 6.07) is 19.9. The molecule has 3 rings (SSSR count). The van der Waals surface area contributed by atoms with Gasteiger partial charge in [0.2, 0.25) is 0 Å². The van der Waals surface area contributed by atoms with E-state index < -0.39 is 0 Å². The molecule has 0 aromatic heterocycles. The number of rotatable bonds is 3. The quantitative estimate of drug-likeness (QED) is 0.731. The van der Waals surface area contributed by atoms with Crippen LogP contribution in [0.1, 0.15) is 11.1 Å². The topological polar surface area (TPSA) is 32.3 Å². The average molecular weight is 263 g/mol. The molecule has 3 aromatic carbocycles. The lowest BCUT2D eigenvalue weighted by Gasteiger charge is -2.12. The van der Waals surface area contributed by atoms with Gasteiger partial charge in [-0.05, 0) is 30.2 Å². The molecule has 0 aliphatic heterocycles. The number of fused-ring (bicyclic) bond motifs is 1. The Kier molecular flexibility index (Phi) is 3.30. The number of benzene rings is 3. The molecule has 0 saturated heterocycles. The highest BCUT2D eigenvalue weighted by atomic mass is 16.3. The van der Waals surface area contributed by atoms with E-state index in [0.29, 0.717) is 5.75 Å². The van der Waals surface area contributed by atoms with Crippen LogP contribution < -0.4 is 5.32 Å². The molecule has 2 heteroatoms. The molecule has 0 aliphatic rings. The molecule has 0 heterocycles. The second-order valence-electron chi connectivity index (χ2n) is 4.96. The van der Waals surface area contributed by atoms with Gasteiger partial charge in [-0.25, -0.2) is 0 Å². The summed E-state index contributed by atoms with van der Waals surface area (Å²) < 4.78 is 0. The lowest BCUT2D eigenvalue weighted by molar-refractivity contribution is 0.481. The van der Waals surface area contributed by atoms with Gasteiger partial charge in [-0.2, -0.15) is 0 Å². The minimum absolute atomic E-state index is 0.321. The van der Waals surface area contributed by atoms with E-state index in [2.05, 4.69) is 36.5 Å². The van der Waals surface area contributed by atoms with Crippen LogP contribution in [0.3, 0.4) is 0 Å². The normalized spacial score (nSPS) is 10.7. The van der Waals surface area contributed by atoms with Crippen molar-refractivity contribution in [3.8, 4) is 5.75 Å². The molecule has 0 bridgehead atoms. The smallest absolute Gasteiger partial charge is 0.123 e. The van der Waals surface area contributed by atoms with E-state index in [-0.39, 0.29) is 0 Å². The fourth-order valence-electron chi connectivity index (χ4n) is 2.45. The second-order valence-corrected chi connectivity index (χ2v) is 4.96. The molecule has 0 saturated carbocycles. The summed E-state index contributed by atoms with van der Waals surface area (Å²) in [6.45, 7) is 2.90. The van der Waals surface area contributed by atoms with Gasteiger partial charge in [0.25, 0.3) is 0 Å². The zero-order chi connectivity index (χ0) is 13.9. The van der Waals surface area contributed by atoms with Gasteiger partial charge < -0.3 is 10.4 Å². The predicted octanol–water partition coefficient (Wildman–Crippen LogP) is 4.47. The summed E-state index contributed by atoms with van der Waals surface area (Å²) >= 11 is 0. The molecule has 0 aliphatic carbocycles. The number of nitrogens with one attached hydrogen (secondary N) is 1. The van der Waals surface area contributed by atoms with Crippen molar-refractivity contribution in [2.24, 2.45) is 0 Å². The minimum Gasteiger partial charge on any atom is -0.507 e. The molecule has 0 unspecified atom stereocenters. The fourth-order valence-corrected chi connectivity index (χ4v) is 2.45. The van der Waals surface area contributed by atoms with Crippen molar-refractivity contribution >= 4 is 16.5 Å². The molecule has 100 valence electrons. The van der Waals surface area contributed by atoms with E-state index >= 15 is 0 Å². The van der Waals surface area contributed by atoms with Crippen molar-refractivity contribution in [3.63, 3.8) is 0 Å². The Hall–Kier alpha value is -2.48. The molecule has 0 radical (unpaired) electrons. The highest BCUT2D eigenvalue weighted by molar-refractivity contribution is 5.97. The Labute approximate surface area is 118 Å². The molecule has 0 spiro atoms. The molecular weight excluding hydrogens is 246 g/mol. The molecule has 3 aromatic rings. The third-order valence-corrected chi connectivity index (χ3v) is 3.63. The van der Waals surface area contributed by atoms with Crippen LogP contribution in [0.2, 0.25) is 0 Å². The van der Waals surface area contributed by atoms with E-state index in [0.717, 1.165) is 23.0 Å². The highest BCUT2D eigenvalue weighted by Gasteiger charge is 2.04. The Balaban J connectivity index is 1.92. The zero-order valence-electron chi connectivity index (χ0n) is 11.4. The Morgan fingerprint density at radius 2 is 1.60 bits per heavy atom. The van der Waals surface area contributed by atoms with Crippen LogP contribution in [0, 0.1) is 6.92 Å². The van der Waals surface area contributed by atoms with Crippen LogP contribution in [-0.2, 0) is 6.54 Å². The van der Waals surface area contributed by atoms with Gasteiger partial charge in [-0.1, -0.05) is 48.5 Å². The number of hydrogen-bond donors (Lipinski definition) is 2. The fraction of sp³-hybridized carbons (Fsp3) is 0.111. The SMILES string of the molecule is Cc1ccccc1CNc1cccc2c(O)cccc12. The first-order valence-corrected chi connectivity index (χ1v) is 6.75. The highest BCUT2D eigenvalue weighted by Crippen LogP contribution is 2.30. The van der Waals surface area contributed by atoms with Crippen LogP contribution in [0.15, 0.2) is 60.7 Å². The molecule has 0 atom stereocenters. The van der Waals surface area contributed by atoms with Crippen LogP contribution in [0.4, 0.5) is 5.69 Å². The van der Waals surface area contributed by atoms with Crippen molar-refractivity contribution in [3.05, 3.63) is 71.8 Å². The third kappa shape index (κ3) is 2.32. The van der Waals surface area contributed by atoms with Gasteiger partial charge in [-0.15, -0.1) is 0 Å². The molecule has 2 N–H and O–H groups in total. The summed E-state index contributed by atoms with van der Waals surface area (Å²) in [5, 5.41) is 15.3. The van der Waals surface area contributed by atoms with Crippen LogP contribution in [-0.4, -0.2) is 5.11 Å². The standard InChI is InChI=1S/C18H17NO/c1-13-6-2-3-7-14(13)12-19-17-10-4-9-16-15(17)8-5-11-18(16)20/h2-11,19-20H,12H2,1H3. The molecule has 0 amide bonds. The first kappa shape index (κ1) is 12.5. The molecule has 2 nitrogen and oxygen atoms in total. The van der Waals surface area contributed by atoms with Crippen LogP contribution >= 0.6 is 0 Å². The van der Waals surface area contributed by atoms with E-state index in [1.54, 1.807) is 6.07 Å². The summed E-state index contributed by atoms with van der Waals surface area (Å²) in [6.07, 6.45) is 0. The number of anilines is 1. The molecular formula is C18H17NO. The van der Waals surface area contributed by atoms with Gasteiger partial charge >= 0.3 is 0 Å². The van der Waals surface area contributed by atoms with E-state index in [4.69, 9.17) is 0 Å². The van der Waals surface area contributed by atoms with Crippen molar-refractivity contribution in [2.75, 3.05) is 5.32 Å². The predicted molar refractivity (Wildman–Crippen MR) is 84.1 cm³/mol. The second kappa shape index (κ2) is 5.25. The van der Waals surface area contributed by atoms with Crippen molar-refractivity contribution in [1.82, 2.24) is 0 Å². The number of aryl methyl sites for hydroxylation is 1. The third-order valence-electron chi connectivity index (χ3n) is 3.63. The first-order chi connectivity index (χ1) is 9.75. The summed E-state index contributed by atoms with van der Waals surface area (Å²) in [5.74, 6) is 0.321. The van der Waals surface area contributed by atoms with Crippen molar-refractivity contribution < 1.29 is 5.11 Å². The lowest BCUT2D eigenvalue weighted by Crippen LogP contribution is -2.01. The van der Waals surface area contributed by atoms with E-state index in [1.807, 2.05) is 30.3 Å². The largest absolute Gasteiger partial charge is 0.507 e. The van der Waals surface area contributed by atoms with Crippen molar-refractivity contribution in [2.45, 2.75) is 13.5 Å². The maximum Gasteiger partial charge on any atom is 0.123 e. The van der Waals surface area contributed by atoms with Gasteiger partial charge in [0.05, 0.1) is 0 Å². The maximum absolute atomic E-state index is 9.90. The molecule has 0 fully saturated rings. The zero-order valence-corrected chi connectivity index (χ0v) is 11.4. The minimum atomic E-state index is 0.321. The van der Waals surface area contributed by atoms with Crippen molar-refractivity contribution in [1.29, 1.82) is 0 Å². The summed E-state index contributed by atoms with van der Waals surface area (Å²) in [5.41, 5.74) is 3.61. The van der Waals surface area contributed by atoms with Gasteiger partial charge in [-0.3, -0.25) is 0 Å². The van der Waals surface area contributed by atoms with Crippen LogP contribution in [0.5, 0.6) is 5.75 Å². The van der Waals surface area contributed by atoms with Crippen LogP contribution in [0.25, 0.3) is 10.8 Å². The Bertz CT molecular complexity index is 749.